The van der Waals surface area contributed by atoms with Gasteiger partial charge < -0.3 is 11.1 Å². The second-order valence-electron chi connectivity index (χ2n) is 4.96. The summed E-state index contributed by atoms with van der Waals surface area (Å²) in [5, 5.41) is 3.13. The SMILES string of the molecule is CCCCC(CCC)NC(=O)C(N)(CC)CC. The van der Waals surface area contributed by atoms with Crippen LogP contribution in [0.4, 0.5) is 0 Å². The zero-order valence-corrected chi connectivity index (χ0v) is 12.0. The fourth-order valence-electron chi connectivity index (χ4n) is 1.99. The van der Waals surface area contributed by atoms with Gasteiger partial charge in [-0.2, -0.15) is 0 Å². The highest BCUT2D eigenvalue weighted by Crippen LogP contribution is 2.14. The molecule has 17 heavy (non-hydrogen) atoms. The minimum absolute atomic E-state index is 0.0250. The Morgan fingerprint density at radius 2 is 1.71 bits per heavy atom. The van der Waals surface area contributed by atoms with Gasteiger partial charge in [-0.3, -0.25) is 4.79 Å². The second kappa shape index (κ2) is 8.51. The molecule has 0 heterocycles. The first kappa shape index (κ1) is 16.4. The number of carbonyl (C=O) groups is 1. The van der Waals surface area contributed by atoms with Crippen LogP contribution < -0.4 is 11.1 Å². The Hall–Kier alpha value is -0.570. The van der Waals surface area contributed by atoms with Crippen molar-refractivity contribution in [1.82, 2.24) is 5.32 Å². The molecule has 3 nitrogen and oxygen atoms in total. The lowest BCUT2D eigenvalue weighted by molar-refractivity contribution is -0.127. The molecule has 0 radical (unpaired) electrons. The van der Waals surface area contributed by atoms with Gasteiger partial charge in [-0.15, -0.1) is 0 Å². The summed E-state index contributed by atoms with van der Waals surface area (Å²) in [6.07, 6.45) is 6.95. The van der Waals surface area contributed by atoms with Crippen molar-refractivity contribution in [2.24, 2.45) is 5.73 Å². The van der Waals surface area contributed by atoms with Crippen molar-refractivity contribution in [1.29, 1.82) is 0 Å². The van der Waals surface area contributed by atoms with E-state index in [4.69, 9.17) is 5.73 Å². The number of nitrogens with two attached hydrogens (primary N) is 1. The lowest BCUT2D eigenvalue weighted by Gasteiger charge is -2.28. The number of unbranched alkanes of at least 4 members (excludes halogenated alkanes) is 1. The molecular formula is C14H30N2O. The van der Waals surface area contributed by atoms with E-state index in [1.165, 1.54) is 12.8 Å². The van der Waals surface area contributed by atoms with Crippen LogP contribution in [-0.2, 0) is 4.79 Å². The van der Waals surface area contributed by atoms with Gasteiger partial charge >= 0.3 is 0 Å². The summed E-state index contributed by atoms with van der Waals surface area (Å²) in [4.78, 5) is 12.1. The molecular weight excluding hydrogens is 212 g/mol. The Kier molecular flexibility index (Phi) is 8.23. The molecule has 1 amide bonds. The molecule has 0 aliphatic carbocycles. The van der Waals surface area contributed by atoms with E-state index in [1.54, 1.807) is 0 Å². The molecule has 0 aliphatic rings. The van der Waals surface area contributed by atoms with Crippen molar-refractivity contribution in [3.63, 3.8) is 0 Å². The van der Waals surface area contributed by atoms with Gasteiger partial charge in [-0.1, -0.05) is 47.0 Å². The molecule has 0 aromatic heterocycles. The number of rotatable bonds is 9. The Morgan fingerprint density at radius 1 is 1.12 bits per heavy atom. The predicted octanol–water partition coefficient (Wildman–Crippen LogP) is 2.98. The molecule has 3 heteroatoms. The van der Waals surface area contributed by atoms with Gasteiger partial charge in [-0.05, 0) is 25.7 Å². The van der Waals surface area contributed by atoms with E-state index in [9.17, 15) is 4.79 Å². The fraction of sp³-hybridized carbons (Fsp3) is 0.929. The molecule has 0 spiro atoms. The summed E-state index contributed by atoms with van der Waals surface area (Å²) in [5.74, 6) is 0.0250. The Bertz CT molecular complexity index is 212. The normalized spacial score (nSPS) is 13.5. The number of hydrogen-bond donors (Lipinski definition) is 2. The standard InChI is InChI=1S/C14H30N2O/c1-5-9-11-12(10-6-2)16-13(17)14(15,7-3)8-4/h12H,5-11,15H2,1-4H3,(H,16,17). The van der Waals surface area contributed by atoms with Gasteiger partial charge in [-0.25, -0.2) is 0 Å². The fourth-order valence-corrected chi connectivity index (χ4v) is 1.99. The highest BCUT2D eigenvalue weighted by atomic mass is 16.2. The summed E-state index contributed by atoms with van der Waals surface area (Å²) in [5.41, 5.74) is 5.42. The number of nitrogens with one attached hydrogen (secondary N) is 1. The summed E-state index contributed by atoms with van der Waals surface area (Å²) in [6, 6.07) is 0.300. The van der Waals surface area contributed by atoms with Gasteiger partial charge in [0.2, 0.25) is 5.91 Å². The minimum Gasteiger partial charge on any atom is -0.352 e. The lowest BCUT2D eigenvalue weighted by Crippen LogP contribution is -2.55. The van der Waals surface area contributed by atoms with E-state index in [0.29, 0.717) is 18.9 Å². The Morgan fingerprint density at radius 3 is 2.12 bits per heavy atom. The van der Waals surface area contributed by atoms with Crippen molar-refractivity contribution in [2.45, 2.75) is 84.2 Å². The Balaban J connectivity index is 4.37. The van der Waals surface area contributed by atoms with Crippen molar-refractivity contribution in [2.75, 3.05) is 0 Å². The van der Waals surface area contributed by atoms with Crippen molar-refractivity contribution in [3.8, 4) is 0 Å². The third-order valence-electron chi connectivity index (χ3n) is 3.59. The summed E-state index contributed by atoms with van der Waals surface area (Å²) in [7, 11) is 0. The first-order valence-electron chi connectivity index (χ1n) is 7.13. The topological polar surface area (TPSA) is 55.1 Å². The van der Waals surface area contributed by atoms with Crippen LogP contribution in [0.1, 0.15) is 72.6 Å². The first-order chi connectivity index (χ1) is 8.03. The molecule has 0 fully saturated rings. The predicted molar refractivity (Wildman–Crippen MR) is 73.9 cm³/mol. The third kappa shape index (κ3) is 5.53. The van der Waals surface area contributed by atoms with Crippen LogP contribution in [0.15, 0.2) is 0 Å². The molecule has 0 aliphatic heterocycles. The van der Waals surface area contributed by atoms with Crippen LogP contribution in [0.3, 0.4) is 0 Å². The van der Waals surface area contributed by atoms with Crippen LogP contribution in [0.5, 0.6) is 0 Å². The molecule has 3 N–H and O–H groups in total. The summed E-state index contributed by atoms with van der Waals surface area (Å²) in [6.45, 7) is 8.28. The average molecular weight is 242 g/mol. The van der Waals surface area contributed by atoms with E-state index >= 15 is 0 Å². The van der Waals surface area contributed by atoms with Gasteiger partial charge in [0.1, 0.15) is 0 Å². The van der Waals surface area contributed by atoms with Crippen molar-refractivity contribution >= 4 is 5.91 Å². The van der Waals surface area contributed by atoms with Crippen molar-refractivity contribution < 1.29 is 4.79 Å². The molecule has 0 saturated carbocycles. The Labute approximate surface area is 107 Å². The van der Waals surface area contributed by atoms with Crippen LogP contribution in [0.2, 0.25) is 0 Å². The maximum Gasteiger partial charge on any atom is 0.240 e. The largest absolute Gasteiger partial charge is 0.352 e. The summed E-state index contributed by atoms with van der Waals surface area (Å²) < 4.78 is 0. The molecule has 102 valence electrons. The highest BCUT2D eigenvalue weighted by Gasteiger charge is 2.30. The van der Waals surface area contributed by atoms with E-state index in [2.05, 4.69) is 19.2 Å². The summed E-state index contributed by atoms with van der Waals surface area (Å²) >= 11 is 0. The lowest BCUT2D eigenvalue weighted by atomic mass is 9.92. The van der Waals surface area contributed by atoms with Crippen LogP contribution in [-0.4, -0.2) is 17.5 Å². The van der Waals surface area contributed by atoms with Gasteiger partial charge in [0, 0.05) is 6.04 Å². The number of carbonyl (C=O) groups excluding carboxylic acids is 1. The van der Waals surface area contributed by atoms with E-state index in [1.807, 2.05) is 13.8 Å². The smallest absolute Gasteiger partial charge is 0.240 e. The molecule has 0 bridgehead atoms. The first-order valence-corrected chi connectivity index (χ1v) is 7.13. The third-order valence-corrected chi connectivity index (χ3v) is 3.59. The average Bonchev–Trinajstić information content (AvgIpc) is 2.35. The minimum atomic E-state index is -0.682. The van der Waals surface area contributed by atoms with Crippen LogP contribution >= 0.6 is 0 Å². The maximum absolute atomic E-state index is 12.1. The number of hydrogen-bond acceptors (Lipinski definition) is 2. The van der Waals surface area contributed by atoms with E-state index < -0.39 is 5.54 Å². The molecule has 0 rings (SSSR count). The molecule has 0 saturated heterocycles. The van der Waals surface area contributed by atoms with Crippen molar-refractivity contribution in [3.05, 3.63) is 0 Å². The molecule has 1 unspecified atom stereocenters. The molecule has 0 aromatic carbocycles. The van der Waals surface area contributed by atoms with Gasteiger partial charge in [0.25, 0.3) is 0 Å². The quantitative estimate of drug-likeness (QED) is 0.653. The van der Waals surface area contributed by atoms with E-state index in [0.717, 1.165) is 19.3 Å². The van der Waals surface area contributed by atoms with Crippen LogP contribution in [0.25, 0.3) is 0 Å². The van der Waals surface area contributed by atoms with Gasteiger partial charge in [0.05, 0.1) is 5.54 Å². The van der Waals surface area contributed by atoms with E-state index in [-0.39, 0.29) is 5.91 Å². The number of amides is 1. The zero-order valence-electron chi connectivity index (χ0n) is 12.0. The van der Waals surface area contributed by atoms with Gasteiger partial charge in [0.15, 0.2) is 0 Å². The zero-order chi connectivity index (χ0) is 13.3. The molecule has 1 atom stereocenters. The second-order valence-corrected chi connectivity index (χ2v) is 4.96. The highest BCUT2D eigenvalue weighted by molar-refractivity contribution is 5.86. The monoisotopic (exact) mass is 242 g/mol. The van der Waals surface area contributed by atoms with Crippen LogP contribution in [0, 0.1) is 0 Å². The maximum atomic E-state index is 12.1. The molecule has 0 aromatic rings.